The van der Waals surface area contributed by atoms with Crippen molar-refractivity contribution < 1.29 is 19.1 Å². The SMILES string of the molecule is CCOC(=O)[C@@H]1C[C@@H](OC(=O)Cn2cc(Nc3ncc4ccn(CC(CC)C(C)C)c4n3)cn2)CN1C. The van der Waals surface area contributed by atoms with Gasteiger partial charge in [0.25, 0.3) is 0 Å². The first-order chi connectivity index (χ1) is 17.8. The van der Waals surface area contributed by atoms with E-state index in [4.69, 9.17) is 14.5 Å². The molecule has 0 saturated carbocycles. The quantitative estimate of drug-likeness (QED) is 0.387. The summed E-state index contributed by atoms with van der Waals surface area (Å²) in [5.74, 6) is 0.924. The number of carbonyl (C=O) groups excluding carboxylic acids is 2. The molecule has 1 N–H and O–H groups in total. The molecule has 3 aromatic heterocycles. The molecule has 0 aromatic carbocycles. The van der Waals surface area contributed by atoms with Crippen molar-refractivity contribution in [3.8, 4) is 0 Å². The fourth-order valence-corrected chi connectivity index (χ4v) is 4.79. The highest BCUT2D eigenvalue weighted by Gasteiger charge is 2.37. The van der Waals surface area contributed by atoms with Crippen molar-refractivity contribution in [2.75, 3.05) is 25.5 Å². The van der Waals surface area contributed by atoms with Gasteiger partial charge in [0.05, 0.1) is 18.5 Å². The summed E-state index contributed by atoms with van der Waals surface area (Å²) in [6.07, 6.45) is 8.37. The number of carbonyl (C=O) groups is 2. The molecule has 3 atom stereocenters. The van der Waals surface area contributed by atoms with Crippen LogP contribution < -0.4 is 5.32 Å². The fraction of sp³-hybridized carbons (Fsp3) is 0.577. The van der Waals surface area contributed by atoms with Gasteiger partial charge < -0.3 is 19.4 Å². The van der Waals surface area contributed by atoms with Gasteiger partial charge in [-0.2, -0.15) is 10.1 Å². The van der Waals surface area contributed by atoms with Crippen LogP contribution in [0.2, 0.25) is 0 Å². The van der Waals surface area contributed by atoms with Crippen LogP contribution in [0.3, 0.4) is 0 Å². The summed E-state index contributed by atoms with van der Waals surface area (Å²) < 4.78 is 14.4. The third-order valence-electron chi connectivity index (χ3n) is 6.95. The zero-order valence-electron chi connectivity index (χ0n) is 22.3. The first-order valence-corrected chi connectivity index (χ1v) is 12.9. The van der Waals surface area contributed by atoms with Crippen LogP contribution in [0.4, 0.5) is 11.6 Å². The van der Waals surface area contributed by atoms with Gasteiger partial charge in [0.2, 0.25) is 5.95 Å². The second kappa shape index (κ2) is 11.7. The third-order valence-corrected chi connectivity index (χ3v) is 6.95. The van der Waals surface area contributed by atoms with Gasteiger partial charge >= 0.3 is 11.9 Å². The van der Waals surface area contributed by atoms with Gasteiger partial charge in [0.1, 0.15) is 24.3 Å². The zero-order chi connectivity index (χ0) is 26.5. The number of rotatable bonds is 11. The van der Waals surface area contributed by atoms with Crippen molar-refractivity contribution in [1.82, 2.24) is 29.2 Å². The van der Waals surface area contributed by atoms with E-state index < -0.39 is 12.0 Å². The van der Waals surface area contributed by atoms with Gasteiger partial charge in [0, 0.05) is 43.5 Å². The number of fused-ring (bicyclic) bond motifs is 1. The van der Waals surface area contributed by atoms with E-state index in [9.17, 15) is 9.59 Å². The van der Waals surface area contributed by atoms with Gasteiger partial charge in [-0.1, -0.05) is 27.2 Å². The molecule has 11 nitrogen and oxygen atoms in total. The predicted molar refractivity (Wildman–Crippen MR) is 139 cm³/mol. The lowest BCUT2D eigenvalue weighted by atomic mass is 9.93. The third kappa shape index (κ3) is 6.46. The summed E-state index contributed by atoms with van der Waals surface area (Å²) in [6, 6.07) is 1.64. The minimum atomic E-state index is -0.413. The minimum absolute atomic E-state index is 0.0394. The van der Waals surface area contributed by atoms with Gasteiger partial charge in [-0.25, -0.2) is 4.98 Å². The summed E-state index contributed by atoms with van der Waals surface area (Å²) >= 11 is 0. The zero-order valence-corrected chi connectivity index (χ0v) is 22.3. The highest BCUT2D eigenvalue weighted by Crippen LogP contribution is 2.23. The summed E-state index contributed by atoms with van der Waals surface area (Å²) in [5, 5.41) is 8.43. The maximum Gasteiger partial charge on any atom is 0.328 e. The molecule has 0 amide bonds. The van der Waals surface area contributed by atoms with E-state index in [2.05, 4.69) is 46.9 Å². The maximum atomic E-state index is 12.5. The van der Waals surface area contributed by atoms with Crippen LogP contribution in [-0.2, 0) is 32.2 Å². The topological polar surface area (TPSA) is 116 Å². The monoisotopic (exact) mass is 511 g/mol. The van der Waals surface area contributed by atoms with Gasteiger partial charge in [0.15, 0.2) is 0 Å². The van der Waals surface area contributed by atoms with Crippen molar-refractivity contribution in [2.24, 2.45) is 11.8 Å². The van der Waals surface area contributed by atoms with Crippen LogP contribution in [0, 0.1) is 11.8 Å². The minimum Gasteiger partial charge on any atom is -0.465 e. The number of likely N-dealkylation sites (N-methyl/N-ethyl adjacent to an activating group) is 1. The molecule has 0 radical (unpaired) electrons. The Bertz CT molecular complexity index is 1220. The highest BCUT2D eigenvalue weighted by molar-refractivity contribution is 5.77. The Morgan fingerprint density at radius 2 is 2.05 bits per heavy atom. The number of nitrogens with zero attached hydrogens (tertiary/aromatic N) is 6. The van der Waals surface area contributed by atoms with Crippen LogP contribution in [0.25, 0.3) is 11.0 Å². The van der Waals surface area contributed by atoms with E-state index >= 15 is 0 Å². The molecule has 0 spiro atoms. The molecule has 4 rings (SSSR count). The Hall–Kier alpha value is -3.47. The molecule has 0 bridgehead atoms. The Balaban J connectivity index is 1.34. The summed E-state index contributed by atoms with van der Waals surface area (Å²) in [5.41, 5.74) is 1.55. The van der Waals surface area contributed by atoms with E-state index in [1.807, 2.05) is 24.2 Å². The van der Waals surface area contributed by atoms with E-state index in [1.165, 1.54) is 4.68 Å². The molecule has 3 aromatic rings. The number of likely N-dealkylation sites (tertiary alicyclic amines) is 1. The van der Waals surface area contributed by atoms with Gasteiger partial charge in [-0.05, 0) is 31.9 Å². The van der Waals surface area contributed by atoms with Crippen LogP contribution in [0.5, 0.6) is 0 Å². The van der Waals surface area contributed by atoms with Crippen molar-refractivity contribution in [3.63, 3.8) is 0 Å². The molecule has 0 aliphatic carbocycles. The number of ether oxygens (including phenoxy) is 2. The van der Waals surface area contributed by atoms with Gasteiger partial charge in [-0.3, -0.25) is 19.2 Å². The molecule has 1 fully saturated rings. The smallest absolute Gasteiger partial charge is 0.328 e. The van der Waals surface area contributed by atoms with E-state index in [1.54, 1.807) is 19.3 Å². The lowest BCUT2D eigenvalue weighted by molar-refractivity contribution is -0.151. The summed E-state index contributed by atoms with van der Waals surface area (Å²) in [4.78, 5) is 35.6. The second-order valence-corrected chi connectivity index (χ2v) is 9.96. The lowest BCUT2D eigenvalue weighted by Gasteiger charge is -2.20. The first-order valence-electron chi connectivity index (χ1n) is 12.9. The Kier molecular flexibility index (Phi) is 8.42. The molecule has 4 heterocycles. The maximum absolute atomic E-state index is 12.5. The molecule has 37 heavy (non-hydrogen) atoms. The van der Waals surface area contributed by atoms with Crippen molar-refractivity contribution in [1.29, 1.82) is 0 Å². The number of anilines is 2. The van der Waals surface area contributed by atoms with E-state index in [0.717, 1.165) is 24.0 Å². The first kappa shape index (κ1) is 26.6. The molecular formula is C26H37N7O4. The molecule has 200 valence electrons. The van der Waals surface area contributed by atoms with Crippen LogP contribution in [0.1, 0.15) is 40.5 Å². The molecule has 1 saturated heterocycles. The number of aromatic nitrogens is 5. The standard InChI is InChI=1S/C26H37N7O4/c1-6-18(17(3)4)13-32-9-8-19-11-27-26(30-24(19)32)29-20-12-28-33(14-20)16-23(34)37-21-10-22(31(5)15-21)25(35)36-7-2/h8-9,11-12,14,17-18,21-22H,6-7,10,13,15-16H2,1-5H3,(H,27,29,30)/t18?,21-,22+/m1/s1. The van der Waals surface area contributed by atoms with E-state index in [0.29, 0.717) is 43.0 Å². The van der Waals surface area contributed by atoms with Crippen molar-refractivity contribution >= 4 is 34.6 Å². The normalized spacial score (nSPS) is 18.9. The highest BCUT2D eigenvalue weighted by atomic mass is 16.5. The fourth-order valence-electron chi connectivity index (χ4n) is 4.79. The second-order valence-electron chi connectivity index (χ2n) is 9.96. The Labute approximate surface area is 217 Å². The average molecular weight is 512 g/mol. The van der Waals surface area contributed by atoms with Crippen LogP contribution in [-0.4, -0.2) is 73.5 Å². The number of nitrogens with one attached hydrogen (secondary N) is 1. The average Bonchev–Trinajstić information content (AvgIpc) is 3.56. The molecule has 1 aliphatic heterocycles. The molecular weight excluding hydrogens is 474 g/mol. The van der Waals surface area contributed by atoms with Crippen LogP contribution >= 0.6 is 0 Å². The largest absolute Gasteiger partial charge is 0.465 e. The lowest BCUT2D eigenvalue weighted by Crippen LogP contribution is -2.34. The number of hydrogen-bond donors (Lipinski definition) is 1. The van der Waals surface area contributed by atoms with Gasteiger partial charge in [-0.15, -0.1) is 0 Å². The summed E-state index contributed by atoms with van der Waals surface area (Å²) in [6.45, 7) is 10.2. The number of hydrogen-bond acceptors (Lipinski definition) is 9. The molecule has 1 aliphatic rings. The molecule has 11 heteroatoms. The Morgan fingerprint density at radius 3 is 2.78 bits per heavy atom. The van der Waals surface area contributed by atoms with E-state index in [-0.39, 0.29) is 18.6 Å². The molecule has 1 unspecified atom stereocenters. The van der Waals surface area contributed by atoms with Crippen LogP contribution in [0.15, 0.2) is 30.9 Å². The summed E-state index contributed by atoms with van der Waals surface area (Å²) in [7, 11) is 1.82. The van der Waals surface area contributed by atoms with Crippen molar-refractivity contribution in [3.05, 3.63) is 30.9 Å². The predicted octanol–water partition coefficient (Wildman–Crippen LogP) is 3.23. The Morgan fingerprint density at radius 1 is 1.24 bits per heavy atom. The van der Waals surface area contributed by atoms with Crippen molar-refractivity contribution in [2.45, 2.75) is 65.8 Å². The number of esters is 2.